The molecule has 0 radical (unpaired) electrons. The van der Waals surface area contributed by atoms with Crippen LogP contribution in [0, 0.1) is 0 Å². The monoisotopic (exact) mass is 659 g/mol. The summed E-state index contributed by atoms with van der Waals surface area (Å²) in [5.41, 5.74) is 0. The van der Waals surface area contributed by atoms with Gasteiger partial charge in [-0.3, -0.25) is 4.79 Å². The van der Waals surface area contributed by atoms with Crippen LogP contribution in [0.2, 0.25) is 0 Å². The number of unbranched alkanes of at least 4 members (excludes halogenated alkanes) is 23. The van der Waals surface area contributed by atoms with Crippen molar-refractivity contribution in [3.63, 3.8) is 0 Å². The van der Waals surface area contributed by atoms with Gasteiger partial charge in [-0.25, -0.2) is 9.78 Å². The number of hydrogen-bond acceptors (Lipinski definition) is 5. The van der Waals surface area contributed by atoms with Gasteiger partial charge in [0.25, 0.3) is 0 Å². The van der Waals surface area contributed by atoms with Crippen LogP contribution in [0.4, 0.5) is 0 Å². The predicted octanol–water partition coefficient (Wildman–Crippen LogP) is 13.6. The van der Waals surface area contributed by atoms with Gasteiger partial charge in [0.05, 0.1) is 19.3 Å². The van der Waals surface area contributed by atoms with E-state index < -0.39 is 0 Å². The van der Waals surface area contributed by atoms with Gasteiger partial charge in [-0.05, 0) is 32.1 Å². The first-order valence-corrected chi connectivity index (χ1v) is 20.5. The van der Waals surface area contributed by atoms with Crippen molar-refractivity contribution in [3.05, 3.63) is 0 Å². The van der Waals surface area contributed by atoms with Crippen molar-refractivity contribution in [1.29, 1.82) is 0 Å². The average Bonchev–Trinajstić information content (AvgIpc) is 3.07. The molecule has 0 aliphatic heterocycles. The second-order valence-electron chi connectivity index (χ2n) is 13.2. The Morgan fingerprint density at radius 1 is 0.435 bits per heavy atom. The van der Waals surface area contributed by atoms with Crippen molar-refractivity contribution in [2.24, 2.45) is 0 Å². The molecule has 0 aliphatic rings. The van der Waals surface area contributed by atoms with Crippen molar-refractivity contribution in [2.75, 3.05) is 20.3 Å². The minimum Gasteiger partial charge on any atom is -0.466 e. The second kappa shape index (κ2) is 48.7. The summed E-state index contributed by atoms with van der Waals surface area (Å²) in [6.45, 7) is 12.7. The number of carbonyl (C=O) groups excluding carboxylic acids is 1. The Bertz CT molecular complexity index is 513. The molecule has 5 heteroatoms. The number of rotatable bonds is 35. The molecule has 46 heavy (non-hydrogen) atoms. The molecule has 1 N–H and O–H groups in total. The molecule has 0 spiro atoms. The molecule has 5 nitrogen and oxygen atoms in total. The number of aliphatic hydroxyl groups excluding tert-OH is 1. The zero-order valence-electron chi connectivity index (χ0n) is 32.5. The van der Waals surface area contributed by atoms with Crippen LogP contribution in [0.1, 0.15) is 234 Å². The minimum atomic E-state index is 0.00375. The predicted molar refractivity (Wildman–Crippen MR) is 201 cm³/mol. The molecule has 0 bridgehead atoms. The van der Waals surface area contributed by atoms with E-state index in [1.54, 1.807) is 0 Å². The standard InChI is InChI=1S/C23H48O2.C17H34O2.CH4O/c1-4-7-10-12-14-16-19-22-24-25-23(20-17-9-6-3)21-18-15-13-11-8-5-2;1-3-5-7-9-11-13-15-17(18)19-16-14-12-10-8-6-4-2;1-2/h23H,4-22H2,1-3H3;3-16H2,1-2H3;2H,1H3. The maximum Gasteiger partial charge on any atom is 0.305 e. The van der Waals surface area contributed by atoms with Crippen LogP contribution in [0.25, 0.3) is 0 Å². The molecule has 0 heterocycles. The molecule has 0 aromatic carbocycles. The molecule has 0 aromatic heterocycles. The Hall–Kier alpha value is -0.650. The van der Waals surface area contributed by atoms with Crippen molar-refractivity contribution >= 4 is 5.97 Å². The maximum absolute atomic E-state index is 11.4. The van der Waals surface area contributed by atoms with Crippen LogP contribution in [0.15, 0.2) is 0 Å². The fourth-order valence-corrected chi connectivity index (χ4v) is 5.47. The first-order chi connectivity index (χ1) is 22.7. The number of carbonyl (C=O) groups is 1. The highest BCUT2D eigenvalue weighted by atomic mass is 17.2. The van der Waals surface area contributed by atoms with Crippen molar-refractivity contribution < 1.29 is 24.4 Å². The molecule has 0 fully saturated rings. The Kier molecular flexibility index (Phi) is 52.7. The minimum absolute atomic E-state index is 0.00375. The third-order valence-corrected chi connectivity index (χ3v) is 8.54. The lowest BCUT2D eigenvalue weighted by atomic mass is 10.0. The van der Waals surface area contributed by atoms with Crippen molar-refractivity contribution in [3.8, 4) is 0 Å². The van der Waals surface area contributed by atoms with Gasteiger partial charge in [0.2, 0.25) is 0 Å². The molecule has 0 aliphatic carbocycles. The third kappa shape index (κ3) is 47.8. The van der Waals surface area contributed by atoms with Gasteiger partial charge in [0.15, 0.2) is 0 Å². The van der Waals surface area contributed by atoms with Crippen LogP contribution >= 0.6 is 0 Å². The molecule has 0 saturated carbocycles. The molecule has 0 saturated heterocycles. The van der Waals surface area contributed by atoms with Gasteiger partial charge in [-0.1, -0.05) is 195 Å². The van der Waals surface area contributed by atoms with Gasteiger partial charge >= 0.3 is 5.97 Å². The molecule has 1 unspecified atom stereocenters. The van der Waals surface area contributed by atoms with E-state index in [2.05, 4.69) is 34.6 Å². The van der Waals surface area contributed by atoms with E-state index in [4.69, 9.17) is 19.6 Å². The normalized spacial score (nSPS) is 11.4. The molecule has 280 valence electrons. The summed E-state index contributed by atoms with van der Waals surface area (Å²) in [6, 6.07) is 0. The quantitative estimate of drug-likeness (QED) is 0.0318. The highest BCUT2D eigenvalue weighted by molar-refractivity contribution is 5.69. The van der Waals surface area contributed by atoms with Crippen LogP contribution in [0.3, 0.4) is 0 Å². The number of esters is 1. The maximum atomic E-state index is 11.4. The summed E-state index contributed by atoms with van der Waals surface area (Å²) in [6.07, 6.45) is 39.3. The molecule has 0 amide bonds. The highest BCUT2D eigenvalue weighted by Gasteiger charge is 2.10. The van der Waals surface area contributed by atoms with Gasteiger partial charge < -0.3 is 9.84 Å². The Morgan fingerprint density at radius 2 is 0.761 bits per heavy atom. The summed E-state index contributed by atoms with van der Waals surface area (Å²) < 4.78 is 5.24. The molecule has 1 atom stereocenters. The number of hydrogen-bond donors (Lipinski definition) is 1. The first kappa shape index (κ1) is 49.7. The van der Waals surface area contributed by atoms with E-state index in [0.717, 1.165) is 33.0 Å². The van der Waals surface area contributed by atoms with Gasteiger partial charge in [-0.15, -0.1) is 0 Å². The third-order valence-electron chi connectivity index (χ3n) is 8.54. The fourth-order valence-electron chi connectivity index (χ4n) is 5.47. The Morgan fingerprint density at radius 3 is 1.22 bits per heavy atom. The van der Waals surface area contributed by atoms with Crippen molar-refractivity contribution in [2.45, 2.75) is 240 Å². The lowest BCUT2D eigenvalue weighted by molar-refractivity contribution is -0.327. The van der Waals surface area contributed by atoms with E-state index in [-0.39, 0.29) is 5.97 Å². The van der Waals surface area contributed by atoms with Crippen LogP contribution in [-0.2, 0) is 19.3 Å². The smallest absolute Gasteiger partial charge is 0.305 e. The highest BCUT2D eigenvalue weighted by Crippen LogP contribution is 2.16. The lowest BCUT2D eigenvalue weighted by Crippen LogP contribution is -2.14. The SMILES string of the molecule is CCCCCCCCCOOC(CCCCC)CCCCCCCC.CCCCCCCCOC(=O)CCCCCCCC.CO. The van der Waals surface area contributed by atoms with Crippen LogP contribution in [-0.4, -0.2) is 37.5 Å². The second-order valence-corrected chi connectivity index (χ2v) is 13.2. The molecular formula is C41H86O5. The van der Waals surface area contributed by atoms with E-state index >= 15 is 0 Å². The summed E-state index contributed by atoms with van der Waals surface area (Å²) in [5.74, 6) is 0.00375. The van der Waals surface area contributed by atoms with E-state index in [9.17, 15) is 4.79 Å². The Labute approximate surface area is 290 Å². The summed E-state index contributed by atoms with van der Waals surface area (Å²) in [4.78, 5) is 22.8. The van der Waals surface area contributed by atoms with Gasteiger partial charge in [0.1, 0.15) is 0 Å². The fraction of sp³-hybridized carbons (Fsp3) is 0.976. The zero-order valence-corrected chi connectivity index (χ0v) is 32.5. The van der Waals surface area contributed by atoms with Gasteiger partial charge in [0, 0.05) is 13.5 Å². The number of ether oxygens (including phenoxy) is 1. The first-order valence-electron chi connectivity index (χ1n) is 20.5. The molecule has 0 rings (SSSR count). The Balaban J connectivity index is -0.000000788. The lowest BCUT2D eigenvalue weighted by Gasteiger charge is -2.16. The van der Waals surface area contributed by atoms with E-state index in [0.29, 0.717) is 19.1 Å². The average molecular weight is 659 g/mol. The zero-order chi connectivity index (χ0) is 34.6. The summed E-state index contributed by atoms with van der Waals surface area (Å²) in [5, 5.41) is 7.00. The van der Waals surface area contributed by atoms with E-state index in [1.807, 2.05) is 0 Å². The topological polar surface area (TPSA) is 65.0 Å². The van der Waals surface area contributed by atoms with E-state index in [1.165, 1.54) is 173 Å². The summed E-state index contributed by atoms with van der Waals surface area (Å²) in [7, 11) is 1.00. The summed E-state index contributed by atoms with van der Waals surface area (Å²) >= 11 is 0. The molecular weight excluding hydrogens is 572 g/mol. The molecule has 0 aromatic rings. The largest absolute Gasteiger partial charge is 0.466 e. The number of aliphatic hydroxyl groups is 1. The van der Waals surface area contributed by atoms with Crippen LogP contribution in [0.5, 0.6) is 0 Å². The van der Waals surface area contributed by atoms with Crippen LogP contribution < -0.4 is 0 Å². The van der Waals surface area contributed by atoms with Crippen molar-refractivity contribution in [1.82, 2.24) is 0 Å². The van der Waals surface area contributed by atoms with Gasteiger partial charge in [-0.2, -0.15) is 0 Å².